The van der Waals surface area contributed by atoms with Gasteiger partial charge in [0.25, 0.3) is 0 Å². The van der Waals surface area contributed by atoms with Gasteiger partial charge >= 0.3 is 6.03 Å². The number of anilines is 1. The molecule has 2 aromatic carbocycles. The van der Waals surface area contributed by atoms with E-state index in [1.165, 1.54) is 5.56 Å². The van der Waals surface area contributed by atoms with E-state index in [9.17, 15) is 4.79 Å². The fourth-order valence-electron chi connectivity index (χ4n) is 3.63. The zero-order valence-electron chi connectivity index (χ0n) is 17.1. The van der Waals surface area contributed by atoms with Crippen molar-refractivity contribution in [3.63, 3.8) is 0 Å². The molecule has 6 nitrogen and oxygen atoms in total. The van der Waals surface area contributed by atoms with E-state index in [2.05, 4.69) is 41.4 Å². The maximum atomic E-state index is 12.8. The highest BCUT2D eigenvalue weighted by molar-refractivity contribution is 6.30. The quantitative estimate of drug-likeness (QED) is 0.563. The first-order valence-electron chi connectivity index (χ1n) is 10.2. The molecule has 7 heteroatoms. The fraction of sp³-hybridized carbons (Fsp3) is 0.348. The van der Waals surface area contributed by atoms with Crippen LogP contribution < -0.4 is 5.32 Å². The minimum Gasteiger partial charge on any atom is -0.339 e. The Kier molecular flexibility index (Phi) is 6.04. The fourth-order valence-corrected chi connectivity index (χ4v) is 3.76. The number of halogens is 1. The first-order chi connectivity index (χ1) is 14.5. The van der Waals surface area contributed by atoms with Crippen LogP contribution in [0.5, 0.6) is 0 Å². The van der Waals surface area contributed by atoms with Crippen LogP contribution in [-0.4, -0.2) is 34.2 Å². The van der Waals surface area contributed by atoms with Crippen LogP contribution in [0.15, 0.2) is 53.1 Å². The van der Waals surface area contributed by atoms with Crippen molar-refractivity contribution < 1.29 is 9.32 Å². The van der Waals surface area contributed by atoms with Crippen molar-refractivity contribution in [1.82, 2.24) is 15.0 Å². The number of hydrogen-bond acceptors (Lipinski definition) is 4. The first kappa shape index (κ1) is 20.4. The molecule has 0 aliphatic carbocycles. The lowest BCUT2D eigenvalue weighted by Crippen LogP contribution is -2.41. The third-order valence-electron chi connectivity index (χ3n) is 5.43. The molecule has 3 aromatic rings. The summed E-state index contributed by atoms with van der Waals surface area (Å²) in [4.78, 5) is 19.1. The summed E-state index contributed by atoms with van der Waals surface area (Å²) < 4.78 is 5.52. The number of carbonyl (C=O) groups is 1. The molecule has 0 bridgehead atoms. The molecule has 2 amide bonds. The van der Waals surface area contributed by atoms with Crippen LogP contribution in [0, 0.1) is 0 Å². The van der Waals surface area contributed by atoms with Gasteiger partial charge in [-0.1, -0.05) is 42.7 Å². The van der Waals surface area contributed by atoms with E-state index in [1.807, 2.05) is 29.2 Å². The second-order valence-electron chi connectivity index (χ2n) is 7.96. The standard InChI is InChI=1S/C23H25ClN4O2/c1-15(2)16-7-11-20(12-8-16)25-23(29)28-13-3-4-18(14-28)22-26-21(27-30-22)17-5-9-19(24)10-6-17/h5-12,15,18H,3-4,13-14H2,1-2H3,(H,25,29). The van der Waals surface area contributed by atoms with E-state index < -0.39 is 0 Å². The van der Waals surface area contributed by atoms with Gasteiger partial charge < -0.3 is 14.7 Å². The number of amides is 2. The summed E-state index contributed by atoms with van der Waals surface area (Å²) in [6, 6.07) is 15.2. The van der Waals surface area contributed by atoms with Crippen molar-refractivity contribution in [3.8, 4) is 11.4 Å². The Morgan fingerprint density at radius 3 is 2.60 bits per heavy atom. The van der Waals surface area contributed by atoms with E-state index in [1.54, 1.807) is 12.1 Å². The average Bonchev–Trinajstić information content (AvgIpc) is 3.25. The van der Waals surface area contributed by atoms with E-state index in [0.29, 0.717) is 35.7 Å². The summed E-state index contributed by atoms with van der Waals surface area (Å²) in [6.07, 6.45) is 1.80. The van der Waals surface area contributed by atoms with Crippen LogP contribution in [0.2, 0.25) is 5.02 Å². The minimum atomic E-state index is -0.102. The Balaban J connectivity index is 1.40. The first-order valence-corrected chi connectivity index (χ1v) is 10.6. The van der Waals surface area contributed by atoms with E-state index in [0.717, 1.165) is 24.1 Å². The molecule has 1 saturated heterocycles. The van der Waals surface area contributed by atoms with Crippen molar-refractivity contribution in [2.75, 3.05) is 18.4 Å². The van der Waals surface area contributed by atoms with Crippen molar-refractivity contribution in [1.29, 1.82) is 0 Å². The number of rotatable bonds is 4. The van der Waals surface area contributed by atoms with Gasteiger partial charge in [-0.15, -0.1) is 0 Å². The van der Waals surface area contributed by atoms with Gasteiger partial charge in [-0.3, -0.25) is 0 Å². The van der Waals surface area contributed by atoms with Gasteiger partial charge in [-0.2, -0.15) is 4.98 Å². The zero-order chi connectivity index (χ0) is 21.1. The molecule has 0 saturated carbocycles. The Hall–Kier alpha value is -2.86. The zero-order valence-corrected chi connectivity index (χ0v) is 17.9. The maximum Gasteiger partial charge on any atom is 0.321 e. The lowest BCUT2D eigenvalue weighted by atomic mass is 9.98. The highest BCUT2D eigenvalue weighted by atomic mass is 35.5. The maximum absolute atomic E-state index is 12.8. The van der Waals surface area contributed by atoms with Gasteiger partial charge in [0.2, 0.25) is 11.7 Å². The summed E-state index contributed by atoms with van der Waals surface area (Å²) in [5.74, 6) is 1.60. The molecule has 0 radical (unpaired) electrons. The Labute approximate surface area is 181 Å². The Bertz CT molecular complexity index is 999. The number of urea groups is 1. The van der Waals surface area contributed by atoms with E-state index in [-0.39, 0.29) is 11.9 Å². The third kappa shape index (κ3) is 4.65. The predicted molar refractivity (Wildman–Crippen MR) is 118 cm³/mol. The molecule has 2 heterocycles. The van der Waals surface area contributed by atoms with Gasteiger partial charge in [0.1, 0.15) is 0 Å². The average molecular weight is 425 g/mol. The molecule has 1 fully saturated rings. The lowest BCUT2D eigenvalue weighted by molar-refractivity contribution is 0.184. The summed E-state index contributed by atoms with van der Waals surface area (Å²) in [5.41, 5.74) is 2.90. The molecule has 1 aliphatic rings. The van der Waals surface area contributed by atoms with Crippen LogP contribution in [0.3, 0.4) is 0 Å². The summed E-state index contributed by atoms with van der Waals surface area (Å²) in [7, 11) is 0. The Morgan fingerprint density at radius 2 is 1.90 bits per heavy atom. The third-order valence-corrected chi connectivity index (χ3v) is 5.68. The van der Waals surface area contributed by atoms with Crippen LogP contribution in [0.4, 0.5) is 10.5 Å². The number of benzene rings is 2. The van der Waals surface area contributed by atoms with E-state index in [4.69, 9.17) is 16.1 Å². The van der Waals surface area contributed by atoms with Crippen LogP contribution in [0.25, 0.3) is 11.4 Å². The van der Waals surface area contributed by atoms with Gasteiger partial charge in [0.15, 0.2) is 0 Å². The number of hydrogen-bond donors (Lipinski definition) is 1. The monoisotopic (exact) mass is 424 g/mol. The molecule has 4 rings (SSSR count). The summed E-state index contributed by atoms with van der Waals surface area (Å²) in [5, 5.41) is 7.76. The second-order valence-corrected chi connectivity index (χ2v) is 8.39. The number of nitrogens with zero attached hydrogens (tertiary/aromatic N) is 3. The van der Waals surface area contributed by atoms with Crippen molar-refractivity contribution in [3.05, 3.63) is 65.0 Å². The number of likely N-dealkylation sites (tertiary alicyclic amines) is 1. The van der Waals surface area contributed by atoms with Gasteiger partial charge in [-0.25, -0.2) is 4.79 Å². The van der Waals surface area contributed by atoms with Crippen LogP contribution in [-0.2, 0) is 0 Å². The normalized spacial score (nSPS) is 16.7. The summed E-state index contributed by atoms with van der Waals surface area (Å²) >= 11 is 5.94. The smallest absolute Gasteiger partial charge is 0.321 e. The molecule has 1 atom stereocenters. The Morgan fingerprint density at radius 1 is 1.17 bits per heavy atom. The minimum absolute atomic E-state index is 0.0290. The molecular formula is C23H25ClN4O2. The largest absolute Gasteiger partial charge is 0.339 e. The van der Waals surface area contributed by atoms with Crippen molar-refractivity contribution in [2.45, 2.75) is 38.5 Å². The lowest BCUT2D eigenvalue weighted by Gasteiger charge is -2.31. The number of nitrogens with one attached hydrogen (secondary N) is 1. The van der Waals surface area contributed by atoms with Crippen molar-refractivity contribution in [2.24, 2.45) is 0 Å². The van der Waals surface area contributed by atoms with Crippen LogP contribution >= 0.6 is 11.6 Å². The molecule has 1 N–H and O–H groups in total. The molecule has 156 valence electrons. The number of piperidine rings is 1. The predicted octanol–water partition coefficient (Wildman–Crippen LogP) is 5.92. The highest BCUT2D eigenvalue weighted by Gasteiger charge is 2.28. The summed E-state index contributed by atoms with van der Waals surface area (Å²) in [6.45, 7) is 5.57. The molecule has 0 spiro atoms. The van der Waals surface area contributed by atoms with Gasteiger partial charge in [-0.05, 0) is 60.7 Å². The van der Waals surface area contributed by atoms with Crippen molar-refractivity contribution >= 4 is 23.3 Å². The van der Waals surface area contributed by atoms with Gasteiger partial charge in [0, 0.05) is 29.4 Å². The number of aromatic nitrogens is 2. The SMILES string of the molecule is CC(C)c1ccc(NC(=O)N2CCCC(c3nc(-c4ccc(Cl)cc4)no3)C2)cc1. The van der Waals surface area contributed by atoms with Gasteiger partial charge in [0.05, 0.1) is 5.92 Å². The number of carbonyl (C=O) groups excluding carboxylic acids is 1. The molecular weight excluding hydrogens is 400 g/mol. The molecule has 30 heavy (non-hydrogen) atoms. The topological polar surface area (TPSA) is 71.3 Å². The highest BCUT2D eigenvalue weighted by Crippen LogP contribution is 2.28. The molecule has 1 aliphatic heterocycles. The van der Waals surface area contributed by atoms with E-state index >= 15 is 0 Å². The molecule has 1 unspecified atom stereocenters. The second kappa shape index (κ2) is 8.88. The molecule has 1 aromatic heterocycles. The van der Waals surface area contributed by atoms with Crippen LogP contribution in [0.1, 0.15) is 50.0 Å².